The number of hydrogen-bond donors (Lipinski definition) is 3. The number of aromatic nitrogens is 1. The summed E-state index contributed by atoms with van der Waals surface area (Å²) in [4.78, 5) is 18.0. The number of carbonyl (C=O) groups is 1. The normalized spacial score (nSPS) is 11.2. The number of benzene rings is 2. The van der Waals surface area contributed by atoms with E-state index in [1.54, 1.807) is 12.1 Å². The lowest BCUT2D eigenvalue weighted by atomic mass is 10.2. The molecule has 0 saturated carbocycles. The van der Waals surface area contributed by atoms with Crippen LogP contribution in [0.25, 0.3) is 10.9 Å². The van der Waals surface area contributed by atoms with Gasteiger partial charge in [0, 0.05) is 30.2 Å². The van der Waals surface area contributed by atoms with Gasteiger partial charge in [0.05, 0.1) is 10.4 Å². The zero-order valence-corrected chi connectivity index (χ0v) is 16.2. The van der Waals surface area contributed by atoms with Crippen LogP contribution in [0, 0.1) is 0 Å². The molecule has 0 bridgehead atoms. The maximum Gasteiger partial charge on any atom is 0.274 e. The number of hydrogen-bond acceptors (Lipinski definition) is 6. The van der Waals surface area contributed by atoms with E-state index in [2.05, 4.69) is 9.71 Å². The van der Waals surface area contributed by atoms with Crippen LogP contribution in [-0.4, -0.2) is 38.1 Å². The van der Waals surface area contributed by atoms with E-state index >= 15 is 0 Å². The van der Waals surface area contributed by atoms with Crippen molar-refractivity contribution in [1.82, 2.24) is 10.5 Å². The molecule has 0 aliphatic rings. The maximum atomic E-state index is 12.7. The van der Waals surface area contributed by atoms with Gasteiger partial charge in [0.25, 0.3) is 15.9 Å². The Bertz CT molecular complexity index is 1110. The first-order valence-corrected chi connectivity index (χ1v) is 10.0. The number of nitrogens with zero attached hydrogens (tertiary/aromatic N) is 2. The van der Waals surface area contributed by atoms with Crippen molar-refractivity contribution in [3.8, 4) is 0 Å². The number of pyridine rings is 1. The largest absolute Gasteiger partial charge is 0.360 e. The van der Waals surface area contributed by atoms with Crippen molar-refractivity contribution in [3.05, 3.63) is 60.2 Å². The summed E-state index contributed by atoms with van der Waals surface area (Å²) in [5.41, 5.74) is 2.73. The molecule has 1 heterocycles. The standard InChI is InChI=1S/C19H20N4O4S/c1-3-23(2)18-11-6-14-12-16(9-10-17(14)20-18)28(26,27)22-15-7-4-13(5-8-15)19(24)21-25/h4-12,22,25H,3H2,1-2H3,(H,21,24). The van der Waals surface area contributed by atoms with Crippen molar-refractivity contribution in [2.75, 3.05) is 23.2 Å². The highest BCUT2D eigenvalue weighted by atomic mass is 32.2. The summed E-state index contributed by atoms with van der Waals surface area (Å²) in [5.74, 6) is 0.139. The Hall–Kier alpha value is -3.17. The molecule has 146 valence electrons. The molecule has 28 heavy (non-hydrogen) atoms. The zero-order chi connectivity index (χ0) is 20.3. The fourth-order valence-corrected chi connectivity index (χ4v) is 3.70. The third kappa shape index (κ3) is 4.05. The predicted octanol–water partition coefficient (Wildman–Crippen LogP) is 2.61. The molecule has 1 amide bonds. The molecule has 3 rings (SSSR count). The van der Waals surface area contributed by atoms with Crippen molar-refractivity contribution in [2.24, 2.45) is 0 Å². The molecule has 0 fully saturated rings. The Labute approximate surface area is 162 Å². The van der Waals surface area contributed by atoms with Gasteiger partial charge in [0.2, 0.25) is 0 Å². The summed E-state index contributed by atoms with van der Waals surface area (Å²) in [6, 6.07) is 14.1. The van der Waals surface area contributed by atoms with Crippen molar-refractivity contribution < 1.29 is 18.4 Å². The molecule has 1 aromatic heterocycles. The Kier molecular flexibility index (Phi) is 5.48. The minimum absolute atomic E-state index is 0.107. The highest BCUT2D eigenvalue weighted by Crippen LogP contribution is 2.23. The summed E-state index contributed by atoms with van der Waals surface area (Å²) in [7, 11) is -1.88. The number of amides is 1. The monoisotopic (exact) mass is 400 g/mol. The van der Waals surface area contributed by atoms with Gasteiger partial charge < -0.3 is 4.90 Å². The van der Waals surface area contributed by atoms with Crippen molar-refractivity contribution >= 4 is 38.3 Å². The van der Waals surface area contributed by atoms with Gasteiger partial charge in [0.15, 0.2) is 0 Å². The quantitative estimate of drug-likeness (QED) is 0.433. The minimum atomic E-state index is -3.81. The van der Waals surface area contributed by atoms with E-state index < -0.39 is 15.9 Å². The smallest absolute Gasteiger partial charge is 0.274 e. The first-order chi connectivity index (χ1) is 13.3. The van der Waals surface area contributed by atoms with Crippen LogP contribution in [0.1, 0.15) is 17.3 Å². The van der Waals surface area contributed by atoms with Crippen LogP contribution >= 0.6 is 0 Å². The van der Waals surface area contributed by atoms with Crippen LogP contribution in [0.4, 0.5) is 11.5 Å². The number of fused-ring (bicyclic) bond motifs is 1. The number of carbonyl (C=O) groups excluding carboxylic acids is 1. The van der Waals surface area contributed by atoms with Crippen LogP contribution in [0.15, 0.2) is 59.5 Å². The van der Waals surface area contributed by atoms with E-state index in [4.69, 9.17) is 5.21 Å². The summed E-state index contributed by atoms with van der Waals surface area (Å²) in [6.45, 7) is 2.84. The highest BCUT2D eigenvalue weighted by Gasteiger charge is 2.16. The molecule has 0 aliphatic heterocycles. The molecule has 3 N–H and O–H groups in total. The Morgan fingerprint density at radius 3 is 2.46 bits per heavy atom. The summed E-state index contributed by atoms with van der Waals surface area (Å²) >= 11 is 0. The van der Waals surface area contributed by atoms with E-state index in [0.717, 1.165) is 12.4 Å². The molecule has 2 aromatic carbocycles. The number of sulfonamides is 1. The first-order valence-electron chi connectivity index (χ1n) is 8.53. The fourth-order valence-electron chi connectivity index (χ4n) is 2.60. The lowest BCUT2D eigenvalue weighted by Crippen LogP contribution is -2.18. The van der Waals surface area contributed by atoms with Crippen molar-refractivity contribution in [2.45, 2.75) is 11.8 Å². The van der Waals surface area contributed by atoms with Gasteiger partial charge in [-0.2, -0.15) is 0 Å². The molecule has 8 nitrogen and oxygen atoms in total. The molecule has 0 atom stereocenters. The van der Waals surface area contributed by atoms with Gasteiger partial charge in [-0.3, -0.25) is 14.7 Å². The summed E-state index contributed by atoms with van der Waals surface area (Å²) in [5, 5.41) is 9.34. The van der Waals surface area contributed by atoms with Gasteiger partial charge >= 0.3 is 0 Å². The molecule has 0 radical (unpaired) electrons. The van der Waals surface area contributed by atoms with Gasteiger partial charge in [-0.05, 0) is 61.5 Å². The number of hydroxylamine groups is 1. The van der Waals surface area contributed by atoms with E-state index in [0.29, 0.717) is 16.6 Å². The van der Waals surface area contributed by atoms with Crippen LogP contribution in [0.3, 0.4) is 0 Å². The summed E-state index contributed by atoms with van der Waals surface area (Å²) in [6.07, 6.45) is 0. The predicted molar refractivity (Wildman–Crippen MR) is 107 cm³/mol. The fraction of sp³-hybridized carbons (Fsp3) is 0.158. The van der Waals surface area contributed by atoms with Crippen molar-refractivity contribution in [3.63, 3.8) is 0 Å². The lowest BCUT2D eigenvalue weighted by Gasteiger charge is -2.16. The van der Waals surface area contributed by atoms with Crippen LogP contribution in [-0.2, 0) is 10.0 Å². The first kappa shape index (κ1) is 19.6. The Balaban J connectivity index is 1.86. The molecule has 0 saturated heterocycles. The van der Waals surface area contributed by atoms with Crippen molar-refractivity contribution in [1.29, 1.82) is 0 Å². The lowest BCUT2D eigenvalue weighted by molar-refractivity contribution is 0.0706. The maximum absolute atomic E-state index is 12.7. The van der Waals surface area contributed by atoms with E-state index in [9.17, 15) is 13.2 Å². The van der Waals surface area contributed by atoms with Gasteiger partial charge in [0.1, 0.15) is 5.82 Å². The molecular formula is C19H20N4O4S. The van der Waals surface area contributed by atoms with Gasteiger partial charge in [-0.25, -0.2) is 18.9 Å². The number of nitrogens with one attached hydrogen (secondary N) is 2. The second-order valence-electron chi connectivity index (χ2n) is 6.16. The molecule has 0 spiro atoms. The molecular weight excluding hydrogens is 380 g/mol. The second-order valence-corrected chi connectivity index (χ2v) is 7.84. The van der Waals surface area contributed by atoms with Crippen LogP contribution in [0.2, 0.25) is 0 Å². The SMILES string of the molecule is CCN(C)c1ccc2cc(S(=O)(=O)Nc3ccc(C(=O)NO)cc3)ccc2n1. The zero-order valence-electron chi connectivity index (χ0n) is 15.4. The van der Waals surface area contributed by atoms with Crippen LogP contribution < -0.4 is 15.1 Å². The second kappa shape index (κ2) is 7.83. The molecule has 3 aromatic rings. The average Bonchev–Trinajstić information content (AvgIpc) is 2.72. The number of rotatable bonds is 6. The Morgan fingerprint density at radius 1 is 1.11 bits per heavy atom. The van der Waals surface area contributed by atoms with E-state index in [1.165, 1.54) is 35.8 Å². The third-order valence-corrected chi connectivity index (χ3v) is 5.70. The van der Waals surface area contributed by atoms with E-state index in [-0.39, 0.29) is 10.5 Å². The highest BCUT2D eigenvalue weighted by molar-refractivity contribution is 7.92. The van der Waals surface area contributed by atoms with Crippen LogP contribution in [0.5, 0.6) is 0 Å². The van der Waals surface area contributed by atoms with Gasteiger partial charge in [-0.15, -0.1) is 0 Å². The van der Waals surface area contributed by atoms with Gasteiger partial charge in [-0.1, -0.05) is 0 Å². The molecule has 0 aliphatic carbocycles. The molecule has 9 heteroatoms. The Morgan fingerprint density at radius 2 is 1.82 bits per heavy atom. The third-order valence-electron chi connectivity index (χ3n) is 4.32. The summed E-state index contributed by atoms with van der Waals surface area (Å²) < 4.78 is 27.8. The topological polar surface area (TPSA) is 112 Å². The number of anilines is 2. The molecule has 0 unspecified atom stereocenters. The van der Waals surface area contributed by atoms with E-state index in [1.807, 2.05) is 31.0 Å². The minimum Gasteiger partial charge on any atom is -0.360 e. The average molecular weight is 400 g/mol.